The van der Waals surface area contributed by atoms with Crippen molar-refractivity contribution in [2.75, 3.05) is 13.1 Å². The Morgan fingerprint density at radius 3 is 2.72 bits per heavy atom. The lowest BCUT2D eigenvalue weighted by Gasteiger charge is -2.38. The topological polar surface area (TPSA) is 59.7 Å². The predicted molar refractivity (Wildman–Crippen MR) is 94.0 cm³/mol. The van der Waals surface area contributed by atoms with E-state index in [-0.39, 0.29) is 12.0 Å². The van der Waals surface area contributed by atoms with E-state index in [0.29, 0.717) is 24.4 Å². The van der Waals surface area contributed by atoms with Gasteiger partial charge in [-0.3, -0.25) is 4.79 Å². The highest BCUT2D eigenvalue weighted by atomic mass is 16.5. The number of amides is 1. The highest BCUT2D eigenvalue weighted by molar-refractivity contribution is 5.94. The summed E-state index contributed by atoms with van der Waals surface area (Å²) in [5, 5.41) is 4.40. The van der Waals surface area contributed by atoms with Gasteiger partial charge >= 0.3 is 0 Å². The van der Waals surface area contributed by atoms with Crippen LogP contribution in [0.4, 0.5) is 0 Å². The van der Waals surface area contributed by atoms with Crippen molar-refractivity contribution >= 4 is 11.6 Å². The fourth-order valence-corrected chi connectivity index (χ4v) is 3.11. The highest BCUT2D eigenvalue weighted by Gasteiger charge is 2.34. The molecule has 2 aromatic heterocycles. The Kier molecular flexibility index (Phi) is 3.67. The monoisotopic (exact) mass is 336 g/mol. The quantitative estimate of drug-likeness (QED) is 0.737. The van der Waals surface area contributed by atoms with Gasteiger partial charge in [-0.2, -0.15) is 5.10 Å². The summed E-state index contributed by atoms with van der Waals surface area (Å²) in [7, 11) is 0. The largest absolute Gasteiger partial charge is 0.487 e. The average molecular weight is 336 g/mol. The molecule has 0 spiro atoms. The molecule has 0 N–H and O–H groups in total. The molecule has 1 aliphatic rings. The molecule has 0 bridgehead atoms. The van der Waals surface area contributed by atoms with Gasteiger partial charge in [-0.05, 0) is 44.5 Å². The zero-order chi connectivity index (χ0) is 17.6. The summed E-state index contributed by atoms with van der Waals surface area (Å²) >= 11 is 0. The maximum Gasteiger partial charge on any atom is 0.274 e. The van der Waals surface area contributed by atoms with Crippen LogP contribution in [0.25, 0.3) is 5.65 Å². The molecule has 1 saturated heterocycles. The van der Waals surface area contributed by atoms with E-state index in [4.69, 9.17) is 4.74 Å². The number of hydrogen-bond acceptors (Lipinski definition) is 4. The Morgan fingerprint density at radius 1 is 1.16 bits per heavy atom. The van der Waals surface area contributed by atoms with Crippen LogP contribution < -0.4 is 4.74 Å². The van der Waals surface area contributed by atoms with Crippen LogP contribution >= 0.6 is 0 Å². The number of benzene rings is 1. The maximum atomic E-state index is 12.6. The number of rotatable bonds is 3. The molecule has 0 atom stereocenters. The number of likely N-dealkylation sites (tertiary alicyclic amines) is 1. The number of carbonyl (C=O) groups is 1. The summed E-state index contributed by atoms with van der Waals surface area (Å²) < 4.78 is 7.62. The molecule has 25 heavy (non-hydrogen) atoms. The summed E-state index contributed by atoms with van der Waals surface area (Å²) in [5.74, 6) is 0.770. The smallest absolute Gasteiger partial charge is 0.274 e. The molecule has 1 aromatic carbocycles. The van der Waals surface area contributed by atoms with Gasteiger partial charge in [0.25, 0.3) is 5.91 Å². The van der Waals surface area contributed by atoms with Crippen LogP contribution in [0.3, 0.4) is 0 Å². The number of aromatic nitrogens is 3. The number of aryl methyl sites for hydroxylation is 3. The first-order valence-electron chi connectivity index (χ1n) is 8.36. The van der Waals surface area contributed by atoms with Gasteiger partial charge in [-0.25, -0.2) is 9.50 Å². The Balaban J connectivity index is 1.44. The Bertz CT molecular complexity index is 957. The van der Waals surface area contributed by atoms with Crippen LogP contribution in [-0.2, 0) is 0 Å². The molecule has 1 aliphatic heterocycles. The van der Waals surface area contributed by atoms with E-state index in [1.54, 1.807) is 15.5 Å². The Morgan fingerprint density at radius 2 is 1.96 bits per heavy atom. The van der Waals surface area contributed by atoms with Gasteiger partial charge in [-0.15, -0.1) is 0 Å². The normalized spacial score (nSPS) is 14.6. The summed E-state index contributed by atoms with van der Waals surface area (Å²) in [6.07, 6.45) is 0.0323. The zero-order valence-electron chi connectivity index (χ0n) is 14.6. The van der Waals surface area contributed by atoms with Crippen LogP contribution in [0.2, 0.25) is 0 Å². The number of ether oxygens (including phenoxy) is 1. The van der Waals surface area contributed by atoms with Gasteiger partial charge in [-0.1, -0.05) is 12.1 Å². The lowest BCUT2D eigenvalue weighted by molar-refractivity contribution is 0.0173. The fraction of sp³-hybridized carbons (Fsp3) is 0.316. The minimum Gasteiger partial charge on any atom is -0.487 e. The van der Waals surface area contributed by atoms with E-state index in [9.17, 15) is 4.79 Å². The molecular formula is C19H20N4O2. The molecule has 6 heteroatoms. The summed E-state index contributed by atoms with van der Waals surface area (Å²) in [4.78, 5) is 18.8. The summed E-state index contributed by atoms with van der Waals surface area (Å²) in [6.45, 7) is 7.07. The zero-order valence-corrected chi connectivity index (χ0v) is 14.6. The molecule has 0 radical (unpaired) electrons. The van der Waals surface area contributed by atoms with Gasteiger partial charge < -0.3 is 9.64 Å². The molecule has 1 amide bonds. The van der Waals surface area contributed by atoms with E-state index in [1.807, 2.05) is 51.1 Å². The predicted octanol–water partition coefficient (Wildman–Crippen LogP) is 2.56. The Hall–Kier alpha value is -2.89. The minimum absolute atomic E-state index is 0.0323. The maximum absolute atomic E-state index is 12.6. The molecule has 3 heterocycles. The van der Waals surface area contributed by atoms with Crippen molar-refractivity contribution in [2.24, 2.45) is 0 Å². The molecule has 1 fully saturated rings. The van der Waals surface area contributed by atoms with Crippen molar-refractivity contribution in [1.29, 1.82) is 0 Å². The van der Waals surface area contributed by atoms with Gasteiger partial charge in [0.2, 0.25) is 0 Å². The van der Waals surface area contributed by atoms with Crippen LogP contribution in [0.1, 0.15) is 27.4 Å². The SMILES string of the molecule is Cc1cccc(OC2CN(C(=O)c3cc4nc(C)cc(C)n4n3)C2)c1. The fourth-order valence-electron chi connectivity index (χ4n) is 3.11. The third-order valence-corrected chi connectivity index (χ3v) is 4.38. The van der Waals surface area contributed by atoms with Crippen LogP contribution in [0.15, 0.2) is 36.4 Å². The van der Waals surface area contributed by atoms with Crippen molar-refractivity contribution in [1.82, 2.24) is 19.5 Å². The highest BCUT2D eigenvalue weighted by Crippen LogP contribution is 2.21. The van der Waals surface area contributed by atoms with Crippen molar-refractivity contribution in [3.8, 4) is 5.75 Å². The first-order valence-corrected chi connectivity index (χ1v) is 8.36. The molecule has 128 valence electrons. The second-order valence-electron chi connectivity index (χ2n) is 6.60. The number of hydrogen-bond donors (Lipinski definition) is 0. The van der Waals surface area contributed by atoms with Crippen LogP contribution in [-0.4, -0.2) is 44.6 Å². The molecule has 0 aliphatic carbocycles. The van der Waals surface area contributed by atoms with Gasteiger partial charge in [0.15, 0.2) is 11.3 Å². The van der Waals surface area contributed by atoms with Crippen molar-refractivity contribution in [3.63, 3.8) is 0 Å². The number of nitrogens with zero attached hydrogens (tertiary/aromatic N) is 4. The van der Waals surface area contributed by atoms with E-state index < -0.39 is 0 Å². The van der Waals surface area contributed by atoms with E-state index in [2.05, 4.69) is 10.1 Å². The van der Waals surface area contributed by atoms with Gasteiger partial charge in [0, 0.05) is 17.5 Å². The van der Waals surface area contributed by atoms with Crippen LogP contribution in [0.5, 0.6) is 5.75 Å². The molecule has 0 unspecified atom stereocenters. The number of carbonyl (C=O) groups excluding carboxylic acids is 1. The first-order chi connectivity index (χ1) is 12.0. The van der Waals surface area contributed by atoms with E-state index in [1.165, 1.54) is 0 Å². The molecule has 4 rings (SSSR count). The lowest BCUT2D eigenvalue weighted by atomic mass is 10.1. The lowest BCUT2D eigenvalue weighted by Crippen LogP contribution is -2.56. The van der Waals surface area contributed by atoms with Crippen molar-refractivity contribution < 1.29 is 9.53 Å². The first kappa shape index (κ1) is 15.6. The van der Waals surface area contributed by atoms with Crippen molar-refractivity contribution in [3.05, 3.63) is 59.0 Å². The molecule has 3 aromatic rings. The third-order valence-electron chi connectivity index (χ3n) is 4.38. The Labute approximate surface area is 146 Å². The average Bonchev–Trinajstić information content (AvgIpc) is 2.94. The number of fused-ring (bicyclic) bond motifs is 1. The third kappa shape index (κ3) is 2.95. The minimum atomic E-state index is -0.0772. The summed E-state index contributed by atoms with van der Waals surface area (Å²) in [5.41, 5.74) is 4.17. The van der Waals surface area contributed by atoms with E-state index in [0.717, 1.165) is 22.7 Å². The molecule has 6 nitrogen and oxygen atoms in total. The molecular weight excluding hydrogens is 316 g/mol. The van der Waals surface area contributed by atoms with Crippen LogP contribution in [0, 0.1) is 20.8 Å². The summed E-state index contributed by atoms with van der Waals surface area (Å²) in [6, 6.07) is 11.6. The van der Waals surface area contributed by atoms with Crippen molar-refractivity contribution in [2.45, 2.75) is 26.9 Å². The second-order valence-corrected chi connectivity index (χ2v) is 6.60. The molecule has 0 saturated carbocycles. The standard InChI is InChI=1S/C19H20N4O2/c1-12-5-4-6-15(7-12)25-16-10-22(11-16)19(24)17-9-18-20-13(2)8-14(3)23(18)21-17/h4-9,16H,10-11H2,1-3H3. The van der Waals surface area contributed by atoms with Gasteiger partial charge in [0.1, 0.15) is 11.9 Å². The van der Waals surface area contributed by atoms with E-state index >= 15 is 0 Å². The van der Waals surface area contributed by atoms with Gasteiger partial charge in [0.05, 0.1) is 13.1 Å². The second kappa shape index (κ2) is 5.88.